The largest absolute Gasteiger partial charge is 0.368 e. The van der Waals surface area contributed by atoms with Crippen LogP contribution in [-0.2, 0) is 4.74 Å². The van der Waals surface area contributed by atoms with Crippen molar-refractivity contribution in [2.24, 2.45) is 5.73 Å². The summed E-state index contributed by atoms with van der Waals surface area (Å²) in [5.41, 5.74) is 5.80. The summed E-state index contributed by atoms with van der Waals surface area (Å²) in [6.45, 7) is 0. The standard InChI is InChI=1S/C5H13NOSi/c1-7-5(6)3-2-4-8-5/h2-4,6,8H2,1H3. The van der Waals surface area contributed by atoms with Crippen molar-refractivity contribution in [3.63, 3.8) is 0 Å². The van der Waals surface area contributed by atoms with Gasteiger partial charge in [0.05, 0.1) is 14.9 Å². The molecule has 1 unspecified atom stereocenters. The molecule has 1 fully saturated rings. The number of hydrogen-bond donors (Lipinski definition) is 1. The second-order valence-corrected chi connectivity index (χ2v) is 4.88. The molecule has 0 radical (unpaired) electrons. The fourth-order valence-electron chi connectivity index (χ4n) is 1.18. The van der Waals surface area contributed by atoms with E-state index in [0.29, 0.717) is 0 Å². The lowest BCUT2D eigenvalue weighted by molar-refractivity contribution is 0.0655. The Balaban J connectivity index is 2.40. The summed E-state index contributed by atoms with van der Waals surface area (Å²) >= 11 is 0. The van der Waals surface area contributed by atoms with E-state index in [4.69, 9.17) is 10.5 Å². The SMILES string of the molecule is COC1(N)CCC[SiH2]1. The molecule has 1 saturated heterocycles. The van der Waals surface area contributed by atoms with Gasteiger partial charge in [-0.25, -0.2) is 0 Å². The Kier molecular flexibility index (Phi) is 1.70. The zero-order valence-corrected chi connectivity index (χ0v) is 6.73. The molecule has 0 spiro atoms. The van der Waals surface area contributed by atoms with E-state index in [0.717, 1.165) is 6.42 Å². The first kappa shape index (κ1) is 6.26. The molecule has 0 aromatic rings. The van der Waals surface area contributed by atoms with Crippen LogP contribution in [0.2, 0.25) is 6.04 Å². The molecule has 0 saturated carbocycles. The minimum atomic E-state index is -0.125. The molecule has 0 aromatic heterocycles. The Labute approximate surface area is 52.2 Å². The molecule has 0 bridgehead atoms. The van der Waals surface area contributed by atoms with Crippen LogP contribution in [0.15, 0.2) is 0 Å². The number of rotatable bonds is 1. The normalized spacial score (nSPS) is 41.2. The lowest BCUT2D eigenvalue weighted by Crippen LogP contribution is -2.43. The average Bonchev–Trinajstić information content (AvgIpc) is 2.17. The highest BCUT2D eigenvalue weighted by molar-refractivity contribution is 6.40. The number of nitrogens with two attached hydrogens (primary N) is 1. The van der Waals surface area contributed by atoms with Gasteiger partial charge in [-0.2, -0.15) is 0 Å². The van der Waals surface area contributed by atoms with Crippen LogP contribution in [0, 0.1) is 0 Å². The van der Waals surface area contributed by atoms with E-state index in [-0.39, 0.29) is 14.9 Å². The molecule has 1 aliphatic rings. The van der Waals surface area contributed by atoms with E-state index in [9.17, 15) is 0 Å². The second kappa shape index (κ2) is 2.17. The predicted molar refractivity (Wildman–Crippen MR) is 36.5 cm³/mol. The van der Waals surface area contributed by atoms with Gasteiger partial charge in [0.15, 0.2) is 0 Å². The molecule has 0 amide bonds. The van der Waals surface area contributed by atoms with Crippen molar-refractivity contribution >= 4 is 9.52 Å². The average molecular weight is 131 g/mol. The molecule has 48 valence electrons. The highest BCUT2D eigenvalue weighted by Crippen LogP contribution is 2.20. The van der Waals surface area contributed by atoms with Gasteiger partial charge in [0.1, 0.15) is 0 Å². The van der Waals surface area contributed by atoms with E-state index in [1.165, 1.54) is 12.5 Å². The Morgan fingerprint density at radius 2 is 2.50 bits per heavy atom. The summed E-state index contributed by atoms with van der Waals surface area (Å²) in [5.74, 6) is 0. The van der Waals surface area contributed by atoms with E-state index >= 15 is 0 Å². The first-order valence-corrected chi connectivity index (χ1v) is 4.82. The molecule has 0 aliphatic carbocycles. The lowest BCUT2D eigenvalue weighted by atomic mass is 10.3. The van der Waals surface area contributed by atoms with Gasteiger partial charge < -0.3 is 10.5 Å². The molecule has 2 nitrogen and oxygen atoms in total. The predicted octanol–water partition coefficient (Wildman–Crippen LogP) is -0.374. The van der Waals surface area contributed by atoms with Crippen LogP contribution >= 0.6 is 0 Å². The van der Waals surface area contributed by atoms with Crippen molar-refractivity contribution in [3.05, 3.63) is 0 Å². The van der Waals surface area contributed by atoms with E-state index in [1.54, 1.807) is 7.11 Å². The third-order valence-electron chi connectivity index (χ3n) is 1.86. The van der Waals surface area contributed by atoms with Crippen molar-refractivity contribution in [1.29, 1.82) is 0 Å². The highest BCUT2D eigenvalue weighted by atomic mass is 28.2. The molecular formula is C5H13NOSi. The van der Waals surface area contributed by atoms with Crippen LogP contribution in [0.5, 0.6) is 0 Å². The van der Waals surface area contributed by atoms with Crippen molar-refractivity contribution < 1.29 is 4.74 Å². The summed E-state index contributed by atoms with van der Waals surface area (Å²) in [6.07, 6.45) is 2.38. The van der Waals surface area contributed by atoms with Gasteiger partial charge in [-0.3, -0.25) is 0 Å². The third kappa shape index (κ3) is 1.10. The third-order valence-corrected chi connectivity index (χ3v) is 4.20. The van der Waals surface area contributed by atoms with Crippen LogP contribution in [0.4, 0.5) is 0 Å². The van der Waals surface area contributed by atoms with Gasteiger partial charge in [-0.05, 0) is 6.42 Å². The Hall–Kier alpha value is 0.137. The number of ether oxygens (including phenoxy) is 1. The van der Waals surface area contributed by atoms with Crippen molar-refractivity contribution in [2.45, 2.75) is 24.2 Å². The molecule has 2 N–H and O–H groups in total. The molecule has 8 heavy (non-hydrogen) atoms. The van der Waals surface area contributed by atoms with Crippen LogP contribution < -0.4 is 5.73 Å². The van der Waals surface area contributed by atoms with Gasteiger partial charge in [0.2, 0.25) is 0 Å². The van der Waals surface area contributed by atoms with Gasteiger partial charge in [0, 0.05) is 7.11 Å². The zero-order chi connectivity index (χ0) is 6.04. The maximum atomic E-state index is 5.80. The molecule has 0 aromatic carbocycles. The Morgan fingerprint density at radius 3 is 2.75 bits per heavy atom. The molecular weight excluding hydrogens is 118 g/mol. The first-order valence-electron chi connectivity index (χ1n) is 3.11. The minimum Gasteiger partial charge on any atom is -0.368 e. The second-order valence-electron chi connectivity index (χ2n) is 2.48. The van der Waals surface area contributed by atoms with Gasteiger partial charge in [-0.1, -0.05) is 12.5 Å². The Morgan fingerprint density at radius 1 is 1.75 bits per heavy atom. The number of hydrogen-bond acceptors (Lipinski definition) is 2. The van der Waals surface area contributed by atoms with Gasteiger partial charge in [-0.15, -0.1) is 0 Å². The van der Waals surface area contributed by atoms with Crippen molar-refractivity contribution in [1.82, 2.24) is 0 Å². The Bertz CT molecular complexity index is 80.5. The van der Waals surface area contributed by atoms with Crippen LogP contribution in [0.25, 0.3) is 0 Å². The molecule has 1 aliphatic heterocycles. The summed E-state index contributed by atoms with van der Waals surface area (Å²) in [4.78, 5) is 0. The van der Waals surface area contributed by atoms with Gasteiger partial charge >= 0.3 is 0 Å². The maximum absolute atomic E-state index is 5.80. The zero-order valence-electron chi connectivity index (χ0n) is 5.31. The van der Waals surface area contributed by atoms with Crippen molar-refractivity contribution in [3.8, 4) is 0 Å². The fourth-order valence-corrected chi connectivity index (χ4v) is 2.98. The smallest absolute Gasteiger partial charge is 0.0953 e. The minimum absolute atomic E-state index is 0.0837. The van der Waals surface area contributed by atoms with Crippen LogP contribution in [-0.4, -0.2) is 22.0 Å². The number of methoxy groups -OCH3 is 1. The fraction of sp³-hybridized carbons (Fsp3) is 1.00. The van der Waals surface area contributed by atoms with E-state index < -0.39 is 0 Å². The van der Waals surface area contributed by atoms with E-state index in [2.05, 4.69) is 0 Å². The monoisotopic (exact) mass is 131 g/mol. The van der Waals surface area contributed by atoms with Crippen LogP contribution in [0.3, 0.4) is 0 Å². The van der Waals surface area contributed by atoms with E-state index in [1.807, 2.05) is 0 Å². The summed E-state index contributed by atoms with van der Waals surface area (Å²) in [7, 11) is 1.64. The first-order chi connectivity index (χ1) is 3.77. The summed E-state index contributed by atoms with van der Waals surface area (Å²) in [6, 6.07) is 1.37. The molecule has 1 rings (SSSR count). The van der Waals surface area contributed by atoms with Crippen LogP contribution in [0.1, 0.15) is 12.8 Å². The summed E-state index contributed by atoms with van der Waals surface area (Å²) < 4.78 is 5.14. The maximum Gasteiger partial charge on any atom is 0.0953 e. The van der Waals surface area contributed by atoms with Crippen molar-refractivity contribution in [2.75, 3.05) is 7.11 Å². The molecule has 3 heteroatoms. The highest BCUT2D eigenvalue weighted by Gasteiger charge is 2.28. The summed E-state index contributed by atoms with van der Waals surface area (Å²) in [5, 5.41) is -0.125. The quantitative estimate of drug-likeness (QED) is 0.389. The molecule has 1 heterocycles. The lowest BCUT2D eigenvalue weighted by Gasteiger charge is -2.20. The topological polar surface area (TPSA) is 35.2 Å². The van der Waals surface area contributed by atoms with Gasteiger partial charge in [0.25, 0.3) is 0 Å². The molecule has 1 atom stereocenters.